The number of aryl methyl sites for hydroxylation is 1. The average Bonchev–Trinajstić information content (AvgIpc) is 3.01. The molecule has 0 saturated carbocycles. The first-order chi connectivity index (χ1) is 12.9. The molecule has 0 radical (unpaired) electrons. The van der Waals surface area contributed by atoms with E-state index in [0.717, 1.165) is 4.88 Å². The van der Waals surface area contributed by atoms with Gasteiger partial charge in [0.2, 0.25) is 0 Å². The fraction of sp³-hybridized carbons (Fsp3) is 0.222. The highest BCUT2D eigenvalue weighted by atomic mass is 32.2. The van der Waals surface area contributed by atoms with Crippen LogP contribution in [0.2, 0.25) is 0 Å². The van der Waals surface area contributed by atoms with E-state index in [0.29, 0.717) is 32.4 Å². The summed E-state index contributed by atoms with van der Waals surface area (Å²) < 4.78 is 5.31. The maximum absolute atomic E-state index is 12.8. The molecule has 1 amide bonds. The van der Waals surface area contributed by atoms with Crippen molar-refractivity contribution >= 4 is 50.7 Å². The summed E-state index contributed by atoms with van der Waals surface area (Å²) in [6.45, 7) is 3.64. The van der Waals surface area contributed by atoms with Crippen molar-refractivity contribution in [2.45, 2.75) is 24.3 Å². The molecular formula is C18H15N3O4S2. The summed E-state index contributed by atoms with van der Waals surface area (Å²) in [5, 5.41) is 3.19. The van der Waals surface area contributed by atoms with Crippen molar-refractivity contribution in [2.24, 2.45) is 0 Å². The van der Waals surface area contributed by atoms with Crippen LogP contribution in [0.4, 0.5) is 5.69 Å². The van der Waals surface area contributed by atoms with Crippen LogP contribution in [0.3, 0.4) is 0 Å². The van der Waals surface area contributed by atoms with Gasteiger partial charge in [-0.15, -0.1) is 11.3 Å². The molecule has 1 atom stereocenters. The van der Waals surface area contributed by atoms with Gasteiger partial charge in [-0.05, 0) is 38.1 Å². The van der Waals surface area contributed by atoms with Crippen molar-refractivity contribution < 1.29 is 14.3 Å². The monoisotopic (exact) mass is 401 g/mol. The van der Waals surface area contributed by atoms with Gasteiger partial charge in [0.05, 0.1) is 16.3 Å². The number of amides is 1. The van der Waals surface area contributed by atoms with Crippen LogP contribution in [0, 0.1) is 6.92 Å². The van der Waals surface area contributed by atoms with Gasteiger partial charge in [0.25, 0.3) is 11.5 Å². The fourth-order valence-corrected chi connectivity index (χ4v) is 4.59. The molecule has 1 aromatic carbocycles. The highest BCUT2D eigenvalue weighted by molar-refractivity contribution is 8.00. The molecule has 27 heavy (non-hydrogen) atoms. The molecule has 7 nitrogen and oxygen atoms in total. The van der Waals surface area contributed by atoms with Gasteiger partial charge in [-0.3, -0.25) is 14.4 Å². The summed E-state index contributed by atoms with van der Waals surface area (Å²) in [6.07, 6.45) is 0. The summed E-state index contributed by atoms with van der Waals surface area (Å²) in [5.74, 6) is 0.152. The Labute approximate surface area is 162 Å². The van der Waals surface area contributed by atoms with Crippen molar-refractivity contribution in [1.29, 1.82) is 0 Å². The minimum Gasteiger partial charge on any atom is -0.482 e. The van der Waals surface area contributed by atoms with Gasteiger partial charge in [0, 0.05) is 10.4 Å². The van der Waals surface area contributed by atoms with Gasteiger partial charge in [-0.1, -0.05) is 11.8 Å². The molecule has 4 rings (SSSR count). The van der Waals surface area contributed by atoms with Crippen LogP contribution in [0.1, 0.15) is 22.2 Å². The van der Waals surface area contributed by atoms with Crippen molar-refractivity contribution in [3.05, 3.63) is 45.1 Å². The number of H-pyrrole nitrogens is 1. The largest absolute Gasteiger partial charge is 0.482 e. The van der Waals surface area contributed by atoms with Crippen LogP contribution in [0.15, 0.2) is 34.2 Å². The smallest absolute Gasteiger partial charge is 0.262 e. The molecule has 3 aromatic rings. The van der Waals surface area contributed by atoms with E-state index in [4.69, 9.17) is 4.74 Å². The molecule has 1 aliphatic rings. The number of hydrogen-bond acceptors (Lipinski definition) is 7. The van der Waals surface area contributed by atoms with Gasteiger partial charge >= 0.3 is 0 Å². The minimum atomic E-state index is -0.468. The Morgan fingerprint density at radius 1 is 1.33 bits per heavy atom. The number of hydrogen-bond donors (Lipinski definition) is 2. The van der Waals surface area contributed by atoms with Gasteiger partial charge in [0.1, 0.15) is 10.6 Å². The molecule has 0 saturated heterocycles. The van der Waals surface area contributed by atoms with Gasteiger partial charge < -0.3 is 15.0 Å². The van der Waals surface area contributed by atoms with Crippen molar-refractivity contribution in [1.82, 2.24) is 9.97 Å². The Hall–Kier alpha value is -2.65. The lowest BCUT2D eigenvalue weighted by molar-refractivity contribution is -0.118. The molecule has 0 bridgehead atoms. The zero-order valence-corrected chi connectivity index (χ0v) is 16.1. The number of carbonyl (C=O) groups excluding carboxylic acids is 2. The lowest BCUT2D eigenvalue weighted by Crippen LogP contribution is -2.25. The Kier molecular flexibility index (Phi) is 4.48. The third kappa shape index (κ3) is 3.47. The number of ketones is 1. The van der Waals surface area contributed by atoms with E-state index in [-0.39, 0.29) is 23.9 Å². The standard InChI is InChI=1S/C18H15N3O4S2/c1-8-5-11-16(24)20-18(21-17(11)26-8)27-9(2)15(23)10-3-4-13-12(6-10)19-14(22)7-25-13/h3-6,9H,7H2,1-2H3,(H,19,22)(H,20,21,24). The number of thiophene rings is 1. The molecule has 2 N–H and O–H groups in total. The number of fused-ring (bicyclic) bond motifs is 2. The molecule has 0 fully saturated rings. The summed E-state index contributed by atoms with van der Waals surface area (Å²) in [5.41, 5.74) is 0.728. The first-order valence-electron chi connectivity index (χ1n) is 8.19. The minimum absolute atomic E-state index is 0.0315. The maximum Gasteiger partial charge on any atom is 0.262 e. The molecule has 0 spiro atoms. The van der Waals surface area contributed by atoms with E-state index in [1.807, 2.05) is 6.92 Å². The summed E-state index contributed by atoms with van der Waals surface area (Å²) in [4.78, 5) is 45.3. The highest BCUT2D eigenvalue weighted by Crippen LogP contribution is 2.31. The van der Waals surface area contributed by atoms with E-state index in [1.165, 1.54) is 23.1 Å². The fourth-order valence-electron chi connectivity index (χ4n) is 2.78. The van der Waals surface area contributed by atoms with Gasteiger partial charge in [-0.25, -0.2) is 4.98 Å². The average molecular weight is 401 g/mol. The number of benzene rings is 1. The van der Waals surface area contributed by atoms with Crippen LogP contribution >= 0.6 is 23.1 Å². The Morgan fingerprint density at radius 3 is 2.96 bits per heavy atom. The van der Waals surface area contributed by atoms with Gasteiger partial charge in [0.15, 0.2) is 17.5 Å². The number of nitrogens with one attached hydrogen (secondary N) is 2. The molecule has 9 heteroatoms. The second-order valence-corrected chi connectivity index (χ2v) is 8.68. The van der Waals surface area contributed by atoms with Crippen molar-refractivity contribution in [3.63, 3.8) is 0 Å². The van der Waals surface area contributed by atoms with E-state index in [9.17, 15) is 14.4 Å². The van der Waals surface area contributed by atoms with Crippen LogP contribution < -0.4 is 15.6 Å². The summed E-state index contributed by atoms with van der Waals surface area (Å²) in [6, 6.07) is 6.74. The summed E-state index contributed by atoms with van der Waals surface area (Å²) >= 11 is 2.64. The predicted octanol–water partition coefficient (Wildman–Crippen LogP) is 2.99. The third-order valence-corrected chi connectivity index (χ3v) is 5.99. The number of carbonyl (C=O) groups is 2. The van der Waals surface area contributed by atoms with E-state index >= 15 is 0 Å². The zero-order chi connectivity index (χ0) is 19.1. The van der Waals surface area contributed by atoms with Crippen LogP contribution in [0.5, 0.6) is 5.75 Å². The number of rotatable bonds is 4. The van der Waals surface area contributed by atoms with Crippen LogP contribution in [-0.2, 0) is 4.79 Å². The topological polar surface area (TPSA) is 101 Å². The first kappa shape index (κ1) is 17.7. The molecule has 2 aromatic heterocycles. The second-order valence-electron chi connectivity index (χ2n) is 6.12. The Morgan fingerprint density at radius 2 is 2.15 bits per heavy atom. The number of aromatic amines is 1. The van der Waals surface area contributed by atoms with E-state index < -0.39 is 5.25 Å². The third-order valence-electron chi connectivity index (χ3n) is 4.06. The van der Waals surface area contributed by atoms with Gasteiger partial charge in [-0.2, -0.15) is 0 Å². The number of aromatic nitrogens is 2. The SMILES string of the molecule is Cc1cc2c(=O)[nH]c(SC(C)C(=O)c3ccc4c(c3)NC(=O)CO4)nc2s1. The molecule has 0 aliphatic carbocycles. The zero-order valence-electron chi connectivity index (χ0n) is 14.5. The lowest BCUT2D eigenvalue weighted by Gasteiger charge is -2.19. The molecule has 1 aliphatic heterocycles. The highest BCUT2D eigenvalue weighted by Gasteiger charge is 2.22. The number of Topliss-reactive ketones (excluding diaryl/α,β-unsaturated/α-hetero) is 1. The number of anilines is 1. The van der Waals surface area contributed by atoms with Crippen molar-refractivity contribution in [3.8, 4) is 5.75 Å². The molecule has 138 valence electrons. The quantitative estimate of drug-likeness (QED) is 0.396. The first-order valence-corrected chi connectivity index (χ1v) is 9.88. The maximum atomic E-state index is 12.8. The number of ether oxygens (including phenoxy) is 1. The van der Waals surface area contributed by atoms with E-state index in [1.54, 1.807) is 31.2 Å². The summed E-state index contributed by atoms with van der Waals surface area (Å²) in [7, 11) is 0. The Bertz CT molecular complexity index is 1140. The second kappa shape index (κ2) is 6.82. The number of nitrogens with zero attached hydrogens (tertiary/aromatic N) is 1. The van der Waals surface area contributed by atoms with Crippen LogP contribution in [-0.4, -0.2) is 33.5 Å². The van der Waals surface area contributed by atoms with Crippen molar-refractivity contribution in [2.75, 3.05) is 11.9 Å². The molecule has 3 heterocycles. The van der Waals surface area contributed by atoms with E-state index in [2.05, 4.69) is 15.3 Å². The number of thioether (sulfide) groups is 1. The Balaban J connectivity index is 1.57. The molecular weight excluding hydrogens is 386 g/mol. The normalized spacial score (nSPS) is 14.4. The van der Waals surface area contributed by atoms with Crippen LogP contribution in [0.25, 0.3) is 10.2 Å². The molecule has 1 unspecified atom stereocenters. The predicted molar refractivity (Wildman–Crippen MR) is 105 cm³/mol. The lowest BCUT2D eigenvalue weighted by atomic mass is 10.1.